The first-order valence-corrected chi connectivity index (χ1v) is 5.22. The van der Waals surface area contributed by atoms with Gasteiger partial charge in [-0.05, 0) is 25.6 Å². The van der Waals surface area contributed by atoms with Gasteiger partial charge in [0.2, 0.25) is 0 Å². The number of hydrogen-bond acceptors (Lipinski definition) is 2. The molecule has 0 amide bonds. The number of rotatable bonds is 4. The molecule has 0 fully saturated rings. The van der Waals surface area contributed by atoms with Crippen molar-refractivity contribution in [2.24, 2.45) is 0 Å². The summed E-state index contributed by atoms with van der Waals surface area (Å²) in [5, 5.41) is 6.92. The Hall–Kier alpha value is -1.10. The van der Waals surface area contributed by atoms with E-state index in [4.69, 9.17) is 12.2 Å². The molecule has 0 bridgehead atoms. The Balaban J connectivity index is 2.51. The third kappa shape index (κ3) is 2.99. The number of aromatic amines is 1. The zero-order valence-electron chi connectivity index (χ0n) is 8.50. The molecule has 0 aliphatic rings. The van der Waals surface area contributed by atoms with Crippen molar-refractivity contribution in [1.82, 2.24) is 20.6 Å². The van der Waals surface area contributed by atoms with E-state index in [1.165, 1.54) is 0 Å². The summed E-state index contributed by atoms with van der Waals surface area (Å²) in [6.45, 7) is 4.94. The molecular weight excluding hydrogens is 196 g/mol. The lowest BCUT2D eigenvalue weighted by molar-refractivity contribution is 0.587. The first kappa shape index (κ1) is 11.0. The minimum Gasteiger partial charge on any atom is -0.363 e. The third-order valence-corrected chi connectivity index (χ3v) is 2.16. The first-order valence-electron chi connectivity index (χ1n) is 4.81. The van der Waals surface area contributed by atoms with E-state index in [9.17, 15) is 0 Å². The predicted molar refractivity (Wildman–Crippen MR) is 61.0 cm³/mol. The molecule has 1 aromatic heterocycles. The van der Waals surface area contributed by atoms with Crippen LogP contribution >= 0.6 is 12.2 Å². The van der Waals surface area contributed by atoms with Crippen LogP contribution in [0.5, 0.6) is 0 Å². The average Bonchev–Trinajstić information content (AvgIpc) is 2.67. The van der Waals surface area contributed by atoms with Gasteiger partial charge in [0, 0.05) is 18.9 Å². The second-order valence-corrected chi connectivity index (χ2v) is 3.35. The average molecular weight is 212 g/mol. The molecule has 0 radical (unpaired) electrons. The van der Waals surface area contributed by atoms with Gasteiger partial charge in [0.05, 0.1) is 6.04 Å². The van der Waals surface area contributed by atoms with E-state index in [2.05, 4.69) is 27.5 Å². The highest BCUT2D eigenvalue weighted by Gasteiger charge is 2.11. The largest absolute Gasteiger partial charge is 0.363 e. The highest BCUT2D eigenvalue weighted by atomic mass is 32.1. The Morgan fingerprint density at radius 3 is 2.93 bits per heavy atom. The van der Waals surface area contributed by atoms with Crippen LogP contribution in [-0.4, -0.2) is 21.6 Å². The maximum atomic E-state index is 5.11. The molecule has 0 aliphatic carbocycles. The molecule has 1 atom stereocenters. The fourth-order valence-corrected chi connectivity index (χ4v) is 1.49. The first-order chi connectivity index (χ1) is 6.77. The monoisotopic (exact) mass is 212 g/mol. The maximum absolute atomic E-state index is 5.11. The van der Waals surface area contributed by atoms with Crippen molar-refractivity contribution in [2.45, 2.75) is 26.3 Å². The van der Waals surface area contributed by atoms with Gasteiger partial charge in [0.1, 0.15) is 5.82 Å². The minimum atomic E-state index is 0.163. The molecule has 0 saturated heterocycles. The molecule has 0 spiro atoms. The van der Waals surface area contributed by atoms with Crippen LogP contribution in [0, 0.1) is 0 Å². The van der Waals surface area contributed by atoms with Gasteiger partial charge in [0.15, 0.2) is 5.11 Å². The maximum Gasteiger partial charge on any atom is 0.166 e. The van der Waals surface area contributed by atoms with Crippen molar-refractivity contribution in [2.75, 3.05) is 6.54 Å². The van der Waals surface area contributed by atoms with E-state index in [1.807, 2.05) is 13.1 Å². The van der Waals surface area contributed by atoms with Crippen molar-refractivity contribution in [3.8, 4) is 0 Å². The van der Waals surface area contributed by atoms with Crippen LogP contribution in [0.2, 0.25) is 0 Å². The van der Waals surface area contributed by atoms with E-state index in [0.717, 1.165) is 18.8 Å². The Kier molecular flexibility index (Phi) is 4.39. The summed E-state index contributed by atoms with van der Waals surface area (Å²) in [5.74, 6) is 0.924. The van der Waals surface area contributed by atoms with Crippen LogP contribution in [0.1, 0.15) is 32.1 Å². The van der Waals surface area contributed by atoms with Gasteiger partial charge in [-0.15, -0.1) is 0 Å². The zero-order chi connectivity index (χ0) is 10.4. The van der Waals surface area contributed by atoms with Crippen LogP contribution in [0.4, 0.5) is 0 Å². The lowest BCUT2D eigenvalue weighted by Crippen LogP contribution is -2.37. The van der Waals surface area contributed by atoms with Crippen LogP contribution in [0.3, 0.4) is 0 Å². The van der Waals surface area contributed by atoms with Crippen molar-refractivity contribution in [3.63, 3.8) is 0 Å². The fourth-order valence-electron chi connectivity index (χ4n) is 1.20. The fraction of sp³-hybridized carbons (Fsp3) is 0.556. The summed E-state index contributed by atoms with van der Waals surface area (Å²) in [7, 11) is 0. The lowest BCUT2D eigenvalue weighted by atomic mass is 10.2. The number of thiocarbonyl (C=S) groups is 1. The van der Waals surface area contributed by atoms with Gasteiger partial charge in [0.25, 0.3) is 0 Å². The molecule has 1 unspecified atom stereocenters. The Labute approximate surface area is 89.5 Å². The highest BCUT2D eigenvalue weighted by molar-refractivity contribution is 7.80. The number of nitrogens with zero attached hydrogens (tertiary/aromatic N) is 1. The Bertz CT molecular complexity index is 270. The van der Waals surface area contributed by atoms with Gasteiger partial charge < -0.3 is 15.6 Å². The molecule has 0 saturated carbocycles. The molecular formula is C9H16N4S. The molecule has 1 heterocycles. The van der Waals surface area contributed by atoms with E-state index in [0.29, 0.717) is 5.11 Å². The van der Waals surface area contributed by atoms with Crippen LogP contribution in [0.15, 0.2) is 12.4 Å². The number of H-pyrrole nitrogens is 1. The van der Waals surface area contributed by atoms with Crippen molar-refractivity contribution in [1.29, 1.82) is 0 Å². The molecule has 14 heavy (non-hydrogen) atoms. The van der Waals surface area contributed by atoms with Gasteiger partial charge in [-0.25, -0.2) is 4.98 Å². The molecule has 1 rings (SSSR count). The standard InChI is InChI=1S/C9H16N4S/c1-3-7(8-11-5-6-12-8)13-9(14)10-4-2/h5-7H,3-4H2,1-2H3,(H,11,12)(H2,10,13,14). The van der Waals surface area contributed by atoms with Gasteiger partial charge in [-0.3, -0.25) is 0 Å². The molecule has 1 aromatic rings. The molecule has 4 nitrogen and oxygen atoms in total. The van der Waals surface area contributed by atoms with Gasteiger partial charge in [-0.1, -0.05) is 6.92 Å². The van der Waals surface area contributed by atoms with E-state index < -0.39 is 0 Å². The quantitative estimate of drug-likeness (QED) is 0.659. The SMILES string of the molecule is CCNC(=S)NC(CC)c1ncc[nH]1. The molecule has 3 N–H and O–H groups in total. The number of aromatic nitrogens is 2. The highest BCUT2D eigenvalue weighted by Crippen LogP contribution is 2.10. The van der Waals surface area contributed by atoms with Crippen LogP contribution in [0.25, 0.3) is 0 Å². The molecule has 78 valence electrons. The van der Waals surface area contributed by atoms with E-state index in [1.54, 1.807) is 6.20 Å². The van der Waals surface area contributed by atoms with Crippen molar-refractivity contribution < 1.29 is 0 Å². The van der Waals surface area contributed by atoms with Crippen LogP contribution < -0.4 is 10.6 Å². The van der Waals surface area contributed by atoms with Crippen molar-refractivity contribution >= 4 is 17.3 Å². The normalized spacial score (nSPS) is 12.1. The van der Waals surface area contributed by atoms with Crippen molar-refractivity contribution in [3.05, 3.63) is 18.2 Å². The summed E-state index contributed by atoms with van der Waals surface area (Å²) >= 11 is 5.11. The Morgan fingerprint density at radius 1 is 1.64 bits per heavy atom. The molecule has 0 aromatic carbocycles. The summed E-state index contributed by atoms with van der Waals surface area (Å²) in [6, 6.07) is 0.163. The summed E-state index contributed by atoms with van der Waals surface area (Å²) in [6.07, 6.45) is 4.50. The number of hydrogen-bond donors (Lipinski definition) is 3. The Morgan fingerprint density at radius 2 is 2.43 bits per heavy atom. The molecule has 0 aliphatic heterocycles. The summed E-state index contributed by atoms with van der Waals surface area (Å²) < 4.78 is 0. The topological polar surface area (TPSA) is 52.7 Å². The summed E-state index contributed by atoms with van der Waals surface area (Å²) in [4.78, 5) is 7.27. The van der Waals surface area contributed by atoms with E-state index in [-0.39, 0.29) is 6.04 Å². The predicted octanol–water partition coefficient (Wildman–Crippen LogP) is 1.34. The second-order valence-electron chi connectivity index (χ2n) is 2.94. The smallest absolute Gasteiger partial charge is 0.166 e. The minimum absolute atomic E-state index is 0.163. The van der Waals surface area contributed by atoms with Gasteiger partial charge in [-0.2, -0.15) is 0 Å². The van der Waals surface area contributed by atoms with Crippen LogP contribution in [-0.2, 0) is 0 Å². The second kappa shape index (κ2) is 5.59. The molecule has 5 heteroatoms. The zero-order valence-corrected chi connectivity index (χ0v) is 9.32. The van der Waals surface area contributed by atoms with Gasteiger partial charge >= 0.3 is 0 Å². The number of nitrogens with one attached hydrogen (secondary N) is 3. The lowest BCUT2D eigenvalue weighted by Gasteiger charge is -2.16. The third-order valence-electron chi connectivity index (χ3n) is 1.90. The summed E-state index contributed by atoms with van der Waals surface area (Å²) in [5.41, 5.74) is 0. The van der Waals surface area contributed by atoms with E-state index >= 15 is 0 Å². The number of imidazole rings is 1.